The third kappa shape index (κ3) is 3.91. The Morgan fingerprint density at radius 1 is 1.25 bits per heavy atom. The minimum atomic E-state index is -0.545. The summed E-state index contributed by atoms with van der Waals surface area (Å²) < 4.78 is 6.57. The minimum Gasteiger partial charge on any atom is -0.462 e. The van der Waals surface area contributed by atoms with Crippen LogP contribution in [-0.2, 0) is 9.53 Å². The van der Waals surface area contributed by atoms with Crippen molar-refractivity contribution in [2.45, 2.75) is 27.2 Å². The summed E-state index contributed by atoms with van der Waals surface area (Å²) in [4.78, 5) is 29.3. The molecule has 1 amide bonds. The van der Waals surface area contributed by atoms with Gasteiger partial charge >= 0.3 is 5.97 Å². The molecule has 7 nitrogen and oxygen atoms in total. The van der Waals surface area contributed by atoms with Crippen LogP contribution in [0.15, 0.2) is 30.5 Å². The fraction of sp³-hybridized carbons (Fsp3) is 0.300. The third-order valence-corrected chi connectivity index (χ3v) is 4.69. The molecule has 1 N–H and O–H groups in total. The lowest BCUT2D eigenvalue weighted by Gasteiger charge is -2.12. The molecule has 0 bridgehead atoms. The van der Waals surface area contributed by atoms with Gasteiger partial charge in [-0.1, -0.05) is 34.1 Å². The first-order valence-corrected chi connectivity index (χ1v) is 10.1. The highest BCUT2D eigenvalue weighted by molar-refractivity contribution is 9.09. The van der Waals surface area contributed by atoms with Gasteiger partial charge in [0.15, 0.2) is 11.6 Å². The number of rotatable bonds is 6. The largest absolute Gasteiger partial charge is 0.462 e. The summed E-state index contributed by atoms with van der Waals surface area (Å²) in [5.74, 6) is -0.0114. The van der Waals surface area contributed by atoms with Gasteiger partial charge in [0.05, 0.1) is 18.3 Å². The van der Waals surface area contributed by atoms with Crippen LogP contribution < -0.4 is 5.32 Å². The molecule has 28 heavy (non-hydrogen) atoms. The highest BCUT2D eigenvalue weighted by Gasteiger charge is 2.22. The lowest BCUT2D eigenvalue weighted by Crippen LogP contribution is -2.18. The van der Waals surface area contributed by atoms with Crippen molar-refractivity contribution in [3.63, 3.8) is 0 Å². The standard InChI is InChI=1S/C20H21BrN4O3/c1-4-28-20(27)15-11-22-25(19(15)24-17(26)8-9-21)16-10-13(3)14-7-5-6-12(2)18(14)23-16/h5-7,10-11H,4,8-9H2,1-3H3,(H,24,26). The number of carbonyl (C=O) groups excluding carboxylic acids is 2. The van der Waals surface area contributed by atoms with Gasteiger partial charge in [0.1, 0.15) is 5.56 Å². The predicted molar refractivity (Wildman–Crippen MR) is 111 cm³/mol. The molecule has 8 heteroatoms. The van der Waals surface area contributed by atoms with Crippen molar-refractivity contribution < 1.29 is 14.3 Å². The number of nitrogens with one attached hydrogen (secondary N) is 1. The Labute approximate surface area is 171 Å². The molecule has 0 radical (unpaired) electrons. The van der Waals surface area contributed by atoms with Crippen LogP contribution in [0.5, 0.6) is 0 Å². The molecule has 0 unspecified atom stereocenters. The Morgan fingerprint density at radius 2 is 2.04 bits per heavy atom. The van der Waals surface area contributed by atoms with Crippen LogP contribution in [0.3, 0.4) is 0 Å². The minimum absolute atomic E-state index is 0.189. The van der Waals surface area contributed by atoms with Crippen molar-refractivity contribution in [2.24, 2.45) is 0 Å². The summed E-state index contributed by atoms with van der Waals surface area (Å²) in [7, 11) is 0. The zero-order chi connectivity index (χ0) is 20.3. The highest BCUT2D eigenvalue weighted by Crippen LogP contribution is 2.26. The Balaban J connectivity index is 2.15. The van der Waals surface area contributed by atoms with E-state index in [0.717, 1.165) is 22.0 Å². The van der Waals surface area contributed by atoms with Gasteiger partial charge in [-0.05, 0) is 38.0 Å². The van der Waals surface area contributed by atoms with E-state index < -0.39 is 5.97 Å². The van der Waals surface area contributed by atoms with Crippen molar-refractivity contribution in [1.29, 1.82) is 0 Å². The average Bonchev–Trinajstić information content (AvgIpc) is 3.06. The number of alkyl halides is 1. The number of hydrogen-bond acceptors (Lipinski definition) is 5. The number of aryl methyl sites for hydroxylation is 2. The van der Waals surface area contributed by atoms with Crippen LogP contribution >= 0.6 is 15.9 Å². The van der Waals surface area contributed by atoms with Crippen molar-refractivity contribution in [3.8, 4) is 5.82 Å². The van der Waals surface area contributed by atoms with E-state index in [0.29, 0.717) is 11.1 Å². The second kappa shape index (κ2) is 8.52. The number of aromatic nitrogens is 3. The molecule has 146 valence electrons. The summed E-state index contributed by atoms with van der Waals surface area (Å²) in [5.41, 5.74) is 3.09. The molecule has 2 aromatic heterocycles. The molecule has 0 saturated carbocycles. The first-order chi connectivity index (χ1) is 13.5. The van der Waals surface area contributed by atoms with Gasteiger partial charge < -0.3 is 10.1 Å². The van der Waals surface area contributed by atoms with Crippen LogP contribution in [0.25, 0.3) is 16.7 Å². The number of para-hydroxylation sites is 1. The van der Waals surface area contributed by atoms with Gasteiger partial charge in [0, 0.05) is 17.1 Å². The molecule has 0 saturated heterocycles. The zero-order valence-corrected chi connectivity index (χ0v) is 17.5. The normalized spacial score (nSPS) is 10.9. The number of carbonyl (C=O) groups is 2. The number of ether oxygens (including phenoxy) is 1. The Bertz CT molecular complexity index is 1050. The molecule has 1 aromatic carbocycles. The summed E-state index contributed by atoms with van der Waals surface area (Å²) in [6.07, 6.45) is 1.65. The van der Waals surface area contributed by atoms with Crippen LogP contribution in [-0.4, -0.2) is 38.6 Å². The van der Waals surface area contributed by atoms with Crippen molar-refractivity contribution in [2.75, 3.05) is 17.3 Å². The van der Waals surface area contributed by atoms with Crippen molar-refractivity contribution >= 4 is 44.5 Å². The Morgan fingerprint density at radius 3 is 2.75 bits per heavy atom. The van der Waals surface area contributed by atoms with E-state index in [4.69, 9.17) is 9.72 Å². The molecule has 0 aliphatic carbocycles. The van der Waals surface area contributed by atoms with E-state index in [-0.39, 0.29) is 30.3 Å². The number of hydrogen-bond donors (Lipinski definition) is 1. The Hall–Kier alpha value is -2.74. The van der Waals surface area contributed by atoms with Crippen LogP contribution in [0.4, 0.5) is 5.82 Å². The fourth-order valence-electron chi connectivity index (χ4n) is 2.93. The van der Waals surface area contributed by atoms with E-state index in [1.54, 1.807) is 6.92 Å². The average molecular weight is 445 g/mol. The maximum Gasteiger partial charge on any atom is 0.343 e. The molecule has 0 spiro atoms. The number of amides is 1. The zero-order valence-electron chi connectivity index (χ0n) is 16.0. The summed E-state index contributed by atoms with van der Waals surface area (Å²) in [5, 5.41) is 8.63. The van der Waals surface area contributed by atoms with Crippen LogP contribution in [0.2, 0.25) is 0 Å². The lowest BCUT2D eigenvalue weighted by molar-refractivity contribution is -0.115. The molecule has 0 atom stereocenters. The molecule has 3 rings (SSSR count). The summed E-state index contributed by atoms with van der Waals surface area (Å²) >= 11 is 3.25. The number of anilines is 1. The van der Waals surface area contributed by atoms with Crippen LogP contribution in [0.1, 0.15) is 34.8 Å². The summed E-state index contributed by atoms with van der Waals surface area (Å²) in [6.45, 7) is 5.93. The molecule has 0 aliphatic heterocycles. The molecular weight excluding hydrogens is 424 g/mol. The lowest BCUT2D eigenvalue weighted by atomic mass is 10.1. The Kier molecular flexibility index (Phi) is 6.08. The molecule has 2 heterocycles. The highest BCUT2D eigenvalue weighted by atomic mass is 79.9. The molecular formula is C20H21BrN4O3. The number of benzene rings is 1. The maximum atomic E-state index is 12.3. The van der Waals surface area contributed by atoms with E-state index >= 15 is 0 Å². The van der Waals surface area contributed by atoms with Gasteiger partial charge in [-0.15, -0.1) is 0 Å². The molecule has 0 aliphatic rings. The third-order valence-electron chi connectivity index (χ3n) is 4.30. The quantitative estimate of drug-likeness (QED) is 0.459. The van der Waals surface area contributed by atoms with Crippen molar-refractivity contribution in [1.82, 2.24) is 14.8 Å². The number of esters is 1. The molecule has 3 aromatic rings. The smallest absolute Gasteiger partial charge is 0.343 e. The van der Waals surface area contributed by atoms with E-state index in [9.17, 15) is 9.59 Å². The number of halogens is 1. The monoisotopic (exact) mass is 444 g/mol. The number of nitrogens with zero attached hydrogens (tertiary/aromatic N) is 3. The topological polar surface area (TPSA) is 86.1 Å². The maximum absolute atomic E-state index is 12.3. The first kappa shape index (κ1) is 20.0. The van der Waals surface area contributed by atoms with Crippen LogP contribution in [0, 0.1) is 13.8 Å². The van der Waals surface area contributed by atoms with Gasteiger partial charge in [-0.25, -0.2) is 9.78 Å². The fourth-order valence-corrected chi connectivity index (χ4v) is 3.29. The first-order valence-electron chi connectivity index (χ1n) is 8.94. The van der Waals surface area contributed by atoms with Gasteiger partial charge in [0.25, 0.3) is 0 Å². The van der Waals surface area contributed by atoms with E-state index in [2.05, 4.69) is 26.3 Å². The van der Waals surface area contributed by atoms with Gasteiger partial charge in [-0.2, -0.15) is 9.78 Å². The molecule has 0 fully saturated rings. The number of pyridine rings is 1. The van der Waals surface area contributed by atoms with Gasteiger partial charge in [0.2, 0.25) is 5.91 Å². The summed E-state index contributed by atoms with van der Waals surface area (Å²) in [6, 6.07) is 7.87. The SMILES string of the molecule is CCOC(=O)c1cnn(-c2cc(C)c3cccc(C)c3n2)c1NC(=O)CCBr. The van der Waals surface area contributed by atoms with E-state index in [1.807, 2.05) is 38.1 Å². The predicted octanol–water partition coefficient (Wildman–Crippen LogP) is 3.94. The number of fused-ring (bicyclic) bond motifs is 1. The second-order valence-electron chi connectivity index (χ2n) is 6.29. The van der Waals surface area contributed by atoms with Crippen molar-refractivity contribution in [3.05, 3.63) is 47.2 Å². The van der Waals surface area contributed by atoms with E-state index in [1.165, 1.54) is 10.9 Å². The second-order valence-corrected chi connectivity index (χ2v) is 7.09. The van der Waals surface area contributed by atoms with Gasteiger partial charge in [-0.3, -0.25) is 4.79 Å².